The van der Waals surface area contributed by atoms with Gasteiger partial charge in [-0.1, -0.05) is 24.3 Å². The smallest absolute Gasteiger partial charge is 0.340 e. The lowest BCUT2D eigenvalue weighted by Crippen LogP contribution is -2.29. The topological polar surface area (TPSA) is 87.5 Å². The molecule has 0 bridgehead atoms. The molecule has 2 aliphatic rings. The van der Waals surface area contributed by atoms with E-state index in [1.807, 2.05) is 24.3 Å². The number of fused-ring (bicyclic) bond motifs is 3. The number of cyclic esters (lactones) is 1. The molecular formula is C22H12N2O4. The van der Waals surface area contributed by atoms with Gasteiger partial charge in [0.15, 0.2) is 0 Å². The van der Waals surface area contributed by atoms with Crippen LogP contribution < -0.4 is 0 Å². The summed E-state index contributed by atoms with van der Waals surface area (Å²) in [5.41, 5.74) is 2.53. The third-order valence-corrected chi connectivity index (χ3v) is 5.14. The number of hydrogen-bond acceptors (Lipinski definition) is 5. The van der Waals surface area contributed by atoms with Gasteiger partial charge in [0.25, 0.3) is 11.8 Å². The van der Waals surface area contributed by atoms with E-state index in [1.54, 1.807) is 36.4 Å². The lowest BCUT2D eigenvalue weighted by Gasteiger charge is -2.14. The predicted octanol–water partition coefficient (Wildman–Crippen LogP) is 3.37. The quantitative estimate of drug-likeness (QED) is 0.511. The zero-order valence-electron chi connectivity index (χ0n) is 14.5. The third kappa shape index (κ3) is 2.23. The van der Waals surface area contributed by atoms with Gasteiger partial charge in [-0.15, -0.1) is 0 Å². The van der Waals surface area contributed by atoms with Gasteiger partial charge in [0, 0.05) is 5.56 Å². The summed E-state index contributed by atoms with van der Waals surface area (Å²) < 4.78 is 5.06. The Balaban J connectivity index is 1.51. The molecule has 1 unspecified atom stereocenters. The van der Waals surface area contributed by atoms with Crippen molar-refractivity contribution in [3.63, 3.8) is 0 Å². The van der Waals surface area contributed by atoms with E-state index in [1.165, 1.54) is 4.90 Å². The van der Waals surface area contributed by atoms with Crippen LogP contribution in [0.25, 0.3) is 10.8 Å². The minimum Gasteiger partial charge on any atom is -0.438 e. The third-order valence-electron chi connectivity index (χ3n) is 5.14. The van der Waals surface area contributed by atoms with Crippen molar-refractivity contribution in [3.8, 4) is 6.07 Å². The molecule has 1 atom stereocenters. The number of carbonyl (C=O) groups is 3. The van der Waals surface area contributed by atoms with Crippen molar-refractivity contribution < 1.29 is 19.1 Å². The second-order valence-corrected chi connectivity index (χ2v) is 6.78. The number of nitriles is 1. The van der Waals surface area contributed by atoms with Crippen LogP contribution in [0.15, 0.2) is 54.6 Å². The molecule has 0 saturated carbocycles. The molecule has 2 heterocycles. The highest BCUT2D eigenvalue weighted by Gasteiger charge is 2.35. The second-order valence-electron chi connectivity index (χ2n) is 6.78. The molecule has 0 saturated heterocycles. The maximum atomic E-state index is 12.6. The van der Waals surface area contributed by atoms with Crippen LogP contribution in [0.3, 0.4) is 0 Å². The first-order valence-electron chi connectivity index (χ1n) is 8.69. The molecule has 3 aromatic rings. The normalized spacial score (nSPS) is 17.5. The van der Waals surface area contributed by atoms with E-state index < -0.39 is 12.1 Å². The SMILES string of the molecule is N#CC1OC(=O)c2cc3cc(CN4C(=O)c5ccccc5C4=O)ccc3cc21. The molecule has 2 amide bonds. The fourth-order valence-corrected chi connectivity index (χ4v) is 3.75. The summed E-state index contributed by atoms with van der Waals surface area (Å²) in [6, 6.07) is 17.7. The van der Waals surface area contributed by atoms with Gasteiger partial charge in [0.2, 0.25) is 6.10 Å². The lowest BCUT2D eigenvalue weighted by molar-refractivity contribution is 0.0477. The molecule has 0 aliphatic carbocycles. The largest absolute Gasteiger partial charge is 0.438 e. The zero-order valence-corrected chi connectivity index (χ0v) is 14.5. The van der Waals surface area contributed by atoms with Crippen molar-refractivity contribution in [2.75, 3.05) is 0 Å². The van der Waals surface area contributed by atoms with Gasteiger partial charge in [-0.3, -0.25) is 14.5 Å². The van der Waals surface area contributed by atoms with Gasteiger partial charge in [-0.05, 0) is 46.7 Å². The van der Waals surface area contributed by atoms with Crippen molar-refractivity contribution in [2.45, 2.75) is 12.6 Å². The number of hydrogen-bond donors (Lipinski definition) is 0. The Bertz CT molecular complexity index is 1220. The molecule has 6 heteroatoms. The van der Waals surface area contributed by atoms with Crippen LogP contribution in [0.5, 0.6) is 0 Å². The van der Waals surface area contributed by atoms with E-state index in [-0.39, 0.29) is 18.4 Å². The van der Waals surface area contributed by atoms with Gasteiger partial charge in [-0.2, -0.15) is 5.26 Å². The Kier molecular flexibility index (Phi) is 3.34. The highest BCUT2D eigenvalue weighted by molar-refractivity contribution is 6.21. The van der Waals surface area contributed by atoms with Gasteiger partial charge in [-0.25, -0.2) is 4.79 Å². The number of imide groups is 1. The summed E-state index contributed by atoms with van der Waals surface area (Å²) in [6.45, 7) is 0.143. The summed E-state index contributed by atoms with van der Waals surface area (Å²) in [4.78, 5) is 38.3. The van der Waals surface area contributed by atoms with Crippen LogP contribution in [-0.4, -0.2) is 22.7 Å². The van der Waals surface area contributed by atoms with Crippen LogP contribution in [0.2, 0.25) is 0 Å². The molecule has 134 valence electrons. The van der Waals surface area contributed by atoms with E-state index in [0.717, 1.165) is 16.3 Å². The molecule has 2 aliphatic heterocycles. The molecule has 0 aromatic heterocycles. The maximum absolute atomic E-state index is 12.6. The predicted molar refractivity (Wildman–Crippen MR) is 98.4 cm³/mol. The average Bonchev–Trinajstić information content (AvgIpc) is 3.15. The monoisotopic (exact) mass is 368 g/mol. The van der Waals surface area contributed by atoms with Gasteiger partial charge < -0.3 is 4.74 Å². The first-order valence-corrected chi connectivity index (χ1v) is 8.69. The first kappa shape index (κ1) is 16.2. The highest BCUT2D eigenvalue weighted by atomic mass is 16.5. The molecule has 5 rings (SSSR count). The Morgan fingerprint density at radius 3 is 2.29 bits per heavy atom. The summed E-state index contributed by atoms with van der Waals surface area (Å²) >= 11 is 0. The van der Waals surface area contributed by atoms with E-state index in [4.69, 9.17) is 10.00 Å². The first-order chi connectivity index (χ1) is 13.6. The second kappa shape index (κ2) is 5.76. The number of rotatable bonds is 2. The number of esters is 1. The minimum absolute atomic E-state index is 0.143. The molecule has 0 spiro atoms. The average molecular weight is 368 g/mol. The van der Waals surface area contributed by atoms with Crippen molar-refractivity contribution in [1.29, 1.82) is 5.26 Å². The molecular weight excluding hydrogens is 356 g/mol. The molecule has 6 nitrogen and oxygen atoms in total. The lowest BCUT2D eigenvalue weighted by atomic mass is 9.98. The minimum atomic E-state index is -0.884. The van der Waals surface area contributed by atoms with Crippen LogP contribution in [0, 0.1) is 11.3 Å². The standard InChI is InChI=1S/C22H12N2O4/c23-10-19-17-8-13-6-5-12(7-14(13)9-18(17)22(27)28-19)11-24-20(25)15-3-1-2-4-16(15)21(24)26/h1-9,19H,11H2. The Morgan fingerprint density at radius 1 is 0.893 bits per heavy atom. The fraction of sp³-hybridized carbons (Fsp3) is 0.0909. The molecule has 28 heavy (non-hydrogen) atoms. The summed E-state index contributed by atoms with van der Waals surface area (Å²) in [5.74, 6) is -1.14. The molecule has 3 aromatic carbocycles. The number of benzene rings is 3. The molecule has 0 N–H and O–H groups in total. The van der Waals surface area contributed by atoms with E-state index in [2.05, 4.69) is 0 Å². The van der Waals surface area contributed by atoms with Crippen LogP contribution >= 0.6 is 0 Å². The van der Waals surface area contributed by atoms with E-state index >= 15 is 0 Å². The Hall–Kier alpha value is -3.98. The van der Waals surface area contributed by atoms with Crippen LogP contribution in [0.1, 0.15) is 48.3 Å². The molecule has 0 radical (unpaired) electrons. The van der Waals surface area contributed by atoms with Gasteiger partial charge in [0.05, 0.1) is 23.2 Å². The molecule has 0 fully saturated rings. The van der Waals surface area contributed by atoms with Crippen molar-refractivity contribution in [1.82, 2.24) is 4.90 Å². The Labute approximate surface area is 159 Å². The number of ether oxygens (including phenoxy) is 1. The highest BCUT2D eigenvalue weighted by Crippen LogP contribution is 2.34. The van der Waals surface area contributed by atoms with Crippen molar-refractivity contribution in [3.05, 3.63) is 82.4 Å². The van der Waals surface area contributed by atoms with Crippen molar-refractivity contribution in [2.24, 2.45) is 0 Å². The van der Waals surface area contributed by atoms with Gasteiger partial charge in [0.1, 0.15) is 6.07 Å². The van der Waals surface area contributed by atoms with Crippen LogP contribution in [-0.2, 0) is 11.3 Å². The Morgan fingerprint density at radius 2 is 1.61 bits per heavy atom. The zero-order chi connectivity index (χ0) is 19.4. The van der Waals surface area contributed by atoms with Crippen molar-refractivity contribution >= 4 is 28.6 Å². The van der Waals surface area contributed by atoms with E-state index in [9.17, 15) is 14.4 Å². The number of nitrogens with zero attached hydrogens (tertiary/aromatic N) is 2. The fourth-order valence-electron chi connectivity index (χ4n) is 3.75. The summed E-state index contributed by atoms with van der Waals surface area (Å²) in [6.07, 6.45) is -0.884. The number of carbonyl (C=O) groups excluding carboxylic acids is 3. The van der Waals surface area contributed by atoms with Crippen LogP contribution in [0.4, 0.5) is 0 Å². The maximum Gasteiger partial charge on any atom is 0.340 e. The summed E-state index contributed by atoms with van der Waals surface area (Å²) in [5, 5.41) is 10.8. The summed E-state index contributed by atoms with van der Waals surface area (Å²) in [7, 11) is 0. The number of amides is 2. The van der Waals surface area contributed by atoms with E-state index in [0.29, 0.717) is 22.3 Å². The van der Waals surface area contributed by atoms with Gasteiger partial charge >= 0.3 is 5.97 Å².